The van der Waals surface area contributed by atoms with Crippen LogP contribution in [0.1, 0.15) is 129 Å². The van der Waals surface area contributed by atoms with Crippen molar-refractivity contribution in [3.63, 3.8) is 0 Å². The van der Waals surface area contributed by atoms with E-state index < -0.39 is 0 Å². The van der Waals surface area contributed by atoms with E-state index in [9.17, 15) is 4.79 Å². The molecule has 0 fully saturated rings. The Kier molecular flexibility index (Phi) is 32.8. The first-order valence-electron chi connectivity index (χ1n) is 19.0. The number of rotatable bonds is 37. The van der Waals surface area contributed by atoms with E-state index in [-0.39, 0.29) is 5.97 Å². The van der Waals surface area contributed by atoms with Gasteiger partial charge in [-0.05, 0) is 37.0 Å². The first-order valence-corrected chi connectivity index (χ1v) is 19.0. The van der Waals surface area contributed by atoms with Crippen molar-refractivity contribution in [2.45, 2.75) is 129 Å². The van der Waals surface area contributed by atoms with Gasteiger partial charge in [0, 0.05) is 6.42 Å². The standard InChI is InChI=1S/C39H70O8/c1-3-5-7-9-11-12-14-16-18-20-39(40)47-36-34-45-32-30-43-28-26-41-25-27-42-29-31-44-33-35-46-38-23-21-37(22-24-38)19-17-15-13-10-8-6-4-2/h21-24H,3-20,25-36H2,1-2H3. The molecule has 274 valence electrons. The summed E-state index contributed by atoms with van der Waals surface area (Å²) in [5.41, 5.74) is 1.38. The Labute approximate surface area is 287 Å². The van der Waals surface area contributed by atoms with E-state index in [1.165, 1.54) is 95.5 Å². The Bertz CT molecular complexity index is 773. The maximum atomic E-state index is 11.8. The molecule has 0 amide bonds. The third-order valence-electron chi connectivity index (χ3n) is 7.95. The number of carbonyl (C=O) groups excluding carboxylic acids is 1. The molecule has 0 N–H and O–H groups in total. The number of esters is 1. The van der Waals surface area contributed by atoms with Crippen LogP contribution >= 0.6 is 0 Å². The van der Waals surface area contributed by atoms with Crippen LogP contribution in [0.2, 0.25) is 0 Å². The van der Waals surface area contributed by atoms with Crippen LogP contribution in [0.3, 0.4) is 0 Å². The number of aryl methyl sites for hydroxylation is 1. The van der Waals surface area contributed by atoms with Gasteiger partial charge < -0.3 is 33.2 Å². The average molecular weight is 667 g/mol. The summed E-state index contributed by atoms with van der Waals surface area (Å²) in [6.07, 6.45) is 22.2. The zero-order chi connectivity index (χ0) is 33.7. The highest BCUT2D eigenvalue weighted by Crippen LogP contribution is 2.15. The van der Waals surface area contributed by atoms with Crippen LogP contribution < -0.4 is 4.74 Å². The summed E-state index contributed by atoms with van der Waals surface area (Å²) in [6, 6.07) is 8.46. The minimum atomic E-state index is -0.128. The van der Waals surface area contributed by atoms with E-state index in [0.717, 1.165) is 25.0 Å². The highest BCUT2D eigenvalue weighted by Gasteiger charge is 2.03. The molecule has 0 unspecified atom stereocenters. The summed E-state index contributed by atoms with van der Waals surface area (Å²) >= 11 is 0. The van der Waals surface area contributed by atoms with Gasteiger partial charge in [-0.25, -0.2) is 0 Å². The van der Waals surface area contributed by atoms with E-state index in [4.69, 9.17) is 33.2 Å². The third kappa shape index (κ3) is 31.3. The molecule has 1 aromatic carbocycles. The predicted octanol–water partition coefficient (Wildman–Crippen LogP) is 8.91. The zero-order valence-electron chi connectivity index (χ0n) is 30.3. The lowest BCUT2D eigenvalue weighted by molar-refractivity contribution is -0.145. The van der Waals surface area contributed by atoms with Crippen LogP contribution in [0.15, 0.2) is 24.3 Å². The minimum absolute atomic E-state index is 0.128. The van der Waals surface area contributed by atoms with Crippen LogP contribution in [0.5, 0.6) is 5.75 Å². The van der Waals surface area contributed by atoms with E-state index in [1.807, 2.05) is 0 Å². The molecule has 0 aliphatic carbocycles. The first kappa shape index (κ1) is 43.3. The average Bonchev–Trinajstić information content (AvgIpc) is 3.08. The molecule has 8 heteroatoms. The van der Waals surface area contributed by atoms with Crippen molar-refractivity contribution in [1.82, 2.24) is 0 Å². The molecule has 0 aromatic heterocycles. The quantitative estimate of drug-likeness (QED) is 0.0515. The lowest BCUT2D eigenvalue weighted by Gasteiger charge is -2.09. The van der Waals surface area contributed by atoms with Crippen LogP contribution in [-0.4, -0.2) is 85.3 Å². The van der Waals surface area contributed by atoms with Crippen LogP contribution in [0.25, 0.3) is 0 Å². The van der Waals surface area contributed by atoms with Crippen LogP contribution in [0, 0.1) is 0 Å². The smallest absolute Gasteiger partial charge is 0.305 e. The Morgan fingerprint density at radius 1 is 0.447 bits per heavy atom. The van der Waals surface area contributed by atoms with Gasteiger partial charge in [-0.3, -0.25) is 4.79 Å². The van der Waals surface area contributed by atoms with Crippen LogP contribution in [-0.2, 0) is 39.6 Å². The Morgan fingerprint density at radius 3 is 1.30 bits per heavy atom. The Hall–Kier alpha value is -1.71. The van der Waals surface area contributed by atoms with Gasteiger partial charge in [0.05, 0.1) is 66.1 Å². The van der Waals surface area contributed by atoms with Gasteiger partial charge in [-0.2, -0.15) is 0 Å². The van der Waals surface area contributed by atoms with Gasteiger partial charge in [-0.15, -0.1) is 0 Å². The summed E-state index contributed by atoms with van der Waals surface area (Å²) in [4.78, 5) is 11.8. The van der Waals surface area contributed by atoms with Crippen LogP contribution in [0.4, 0.5) is 0 Å². The molecule has 0 atom stereocenters. The Morgan fingerprint density at radius 2 is 0.830 bits per heavy atom. The van der Waals surface area contributed by atoms with Crippen molar-refractivity contribution in [3.8, 4) is 5.75 Å². The lowest BCUT2D eigenvalue weighted by Crippen LogP contribution is -2.15. The third-order valence-corrected chi connectivity index (χ3v) is 7.95. The number of hydrogen-bond donors (Lipinski definition) is 0. The van der Waals surface area contributed by atoms with Gasteiger partial charge >= 0.3 is 5.97 Å². The number of carbonyl (C=O) groups is 1. The van der Waals surface area contributed by atoms with E-state index in [2.05, 4.69) is 38.1 Å². The molecule has 0 bridgehead atoms. The zero-order valence-corrected chi connectivity index (χ0v) is 30.3. The maximum Gasteiger partial charge on any atom is 0.305 e. The van der Waals surface area contributed by atoms with Gasteiger partial charge in [-0.1, -0.05) is 116 Å². The summed E-state index contributed by atoms with van der Waals surface area (Å²) in [6.45, 7) is 10.3. The molecule has 0 saturated carbocycles. The number of unbranched alkanes of at least 4 members (excludes halogenated alkanes) is 14. The fraction of sp³-hybridized carbons (Fsp3) is 0.821. The van der Waals surface area contributed by atoms with Crippen molar-refractivity contribution >= 4 is 5.97 Å². The second kappa shape index (κ2) is 35.6. The molecule has 0 saturated heterocycles. The molecule has 0 radical (unpaired) electrons. The number of hydrogen-bond acceptors (Lipinski definition) is 8. The second-order valence-electron chi connectivity index (χ2n) is 12.2. The summed E-state index contributed by atoms with van der Waals surface area (Å²) in [5, 5.41) is 0. The van der Waals surface area contributed by atoms with Crippen molar-refractivity contribution in [2.75, 3.05) is 79.3 Å². The normalized spacial score (nSPS) is 11.3. The van der Waals surface area contributed by atoms with Crippen molar-refractivity contribution in [3.05, 3.63) is 29.8 Å². The molecule has 8 nitrogen and oxygen atoms in total. The summed E-state index contributed by atoms with van der Waals surface area (Å²) in [7, 11) is 0. The molecule has 0 heterocycles. The maximum absolute atomic E-state index is 11.8. The van der Waals surface area contributed by atoms with Gasteiger partial charge in [0.2, 0.25) is 0 Å². The second-order valence-corrected chi connectivity index (χ2v) is 12.2. The van der Waals surface area contributed by atoms with Gasteiger partial charge in [0.25, 0.3) is 0 Å². The molecular weight excluding hydrogens is 596 g/mol. The van der Waals surface area contributed by atoms with E-state index >= 15 is 0 Å². The number of benzene rings is 1. The summed E-state index contributed by atoms with van der Waals surface area (Å²) in [5.74, 6) is 0.760. The van der Waals surface area contributed by atoms with Crippen molar-refractivity contribution in [2.24, 2.45) is 0 Å². The molecule has 0 spiro atoms. The predicted molar refractivity (Wildman–Crippen MR) is 191 cm³/mol. The van der Waals surface area contributed by atoms with Crippen molar-refractivity contribution in [1.29, 1.82) is 0 Å². The molecule has 1 rings (SSSR count). The molecule has 0 aliphatic heterocycles. The summed E-state index contributed by atoms with van der Waals surface area (Å²) < 4.78 is 38.6. The topological polar surface area (TPSA) is 81.7 Å². The first-order chi connectivity index (χ1) is 23.3. The van der Waals surface area contributed by atoms with Gasteiger partial charge in [0.15, 0.2) is 0 Å². The SMILES string of the molecule is CCCCCCCCCCCC(=O)OCCOCCOCCOCCOCCOCCOc1ccc(CCCCCCCCC)cc1. The van der Waals surface area contributed by atoms with E-state index in [0.29, 0.717) is 85.7 Å². The number of ether oxygens (including phenoxy) is 7. The molecule has 0 aliphatic rings. The fourth-order valence-corrected chi connectivity index (χ4v) is 5.11. The fourth-order valence-electron chi connectivity index (χ4n) is 5.11. The molecular formula is C39H70O8. The molecule has 1 aromatic rings. The van der Waals surface area contributed by atoms with Crippen molar-refractivity contribution < 1.29 is 38.0 Å². The Balaban J connectivity index is 1.75. The minimum Gasteiger partial charge on any atom is -0.491 e. The molecule has 47 heavy (non-hydrogen) atoms. The lowest BCUT2D eigenvalue weighted by atomic mass is 10.0. The van der Waals surface area contributed by atoms with E-state index in [1.54, 1.807) is 0 Å². The highest BCUT2D eigenvalue weighted by atomic mass is 16.6. The highest BCUT2D eigenvalue weighted by molar-refractivity contribution is 5.69. The monoisotopic (exact) mass is 667 g/mol. The van der Waals surface area contributed by atoms with Gasteiger partial charge in [0.1, 0.15) is 19.0 Å². The largest absolute Gasteiger partial charge is 0.491 e.